The highest BCUT2D eigenvalue weighted by Gasteiger charge is 2.42. The van der Waals surface area contributed by atoms with E-state index in [1.165, 1.54) is 5.56 Å². The summed E-state index contributed by atoms with van der Waals surface area (Å²) in [6.45, 7) is 3.01. The molecule has 0 atom stereocenters. The Morgan fingerprint density at radius 1 is 1.12 bits per heavy atom. The third-order valence-corrected chi connectivity index (χ3v) is 5.17. The Morgan fingerprint density at radius 2 is 1.92 bits per heavy atom. The fourth-order valence-electron chi connectivity index (χ4n) is 3.44. The Labute approximate surface area is 147 Å². The monoisotopic (exact) mass is 341 g/mol. The van der Waals surface area contributed by atoms with Crippen molar-refractivity contribution in [3.8, 4) is 0 Å². The molecule has 0 aliphatic carbocycles. The molecule has 124 valence electrons. The number of hydrogen-bond donors (Lipinski definition) is 0. The molecule has 24 heavy (non-hydrogen) atoms. The van der Waals surface area contributed by atoms with Crippen LogP contribution in [0.1, 0.15) is 30.4 Å². The lowest BCUT2D eigenvalue weighted by molar-refractivity contribution is -0.0627. The van der Waals surface area contributed by atoms with Crippen LogP contribution in [0.3, 0.4) is 0 Å². The van der Waals surface area contributed by atoms with Crippen LogP contribution >= 0.6 is 11.6 Å². The van der Waals surface area contributed by atoms with Gasteiger partial charge >= 0.3 is 0 Å². The summed E-state index contributed by atoms with van der Waals surface area (Å²) in [5, 5.41) is 5.13. The Hall–Kier alpha value is -1.91. The van der Waals surface area contributed by atoms with E-state index in [1.807, 2.05) is 30.5 Å². The third kappa shape index (κ3) is 3.30. The Balaban J connectivity index is 1.34. The zero-order valence-electron chi connectivity index (χ0n) is 13.5. The minimum absolute atomic E-state index is 0.123. The van der Waals surface area contributed by atoms with Gasteiger partial charge < -0.3 is 4.84 Å². The Kier molecular flexibility index (Phi) is 4.25. The minimum Gasteiger partial charge on any atom is -0.388 e. The predicted molar refractivity (Wildman–Crippen MR) is 95.2 cm³/mol. The third-order valence-electron chi connectivity index (χ3n) is 4.92. The van der Waals surface area contributed by atoms with Crippen molar-refractivity contribution in [2.24, 2.45) is 5.16 Å². The largest absolute Gasteiger partial charge is 0.388 e. The first-order chi connectivity index (χ1) is 11.7. The van der Waals surface area contributed by atoms with Crippen LogP contribution in [0, 0.1) is 0 Å². The van der Waals surface area contributed by atoms with E-state index in [1.54, 1.807) is 6.20 Å². The zero-order chi connectivity index (χ0) is 16.4. The quantitative estimate of drug-likeness (QED) is 0.849. The summed E-state index contributed by atoms with van der Waals surface area (Å²) in [6.07, 6.45) is 6.54. The summed E-state index contributed by atoms with van der Waals surface area (Å²) in [7, 11) is 0. The molecule has 2 aromatic rings. The van der Waals surface area contributed by atoms with E-state index >= 15 is 0 Å². The van der Waals surface area contributed by atoms with E-state index in [0.29, 0.717) is 0 Å². The van der Waals surface area contributed by atoms with Crippen molar-refractivity contribution in [2.75, 3.05) is 13.1 Å². The van der Waals surface area contributed by atoms with Gasteiger partial charge in [0, 0.05) is 61.9 Å². The summed E-state index contributed by atoms with van der Waals surface area (Å²) >= 11 is 5.95. The molecule has 0 unspecified atom stereocenters. The molecule has 1 aromatic carbocycles. The number of benzene rings is 1. The summed E-state index contributed by atoms with van der Waals surface area (Å²) < 4.78 is 0. The SMILES string of the molecule is Clc1ccc(CN2CCC3(CC2)CC(c2cccnc2)=NO3)cc1. The van der Waals surface area contributed by atoms with Gasteiger partial charge in [0.05, 0.1) is 5.71 Å². The molecule has 4 nitrogen and oxygen atoms in total. The minimum atomic E-state index is -0.123. The fraction of sp³-hybridized carbons (Fsp3) is 0.368. The van der Waals surface area contributed by atoms with Crippen LogP contribution in [0.2, 0.25) is 5.02 Å². The van der Waals surface area contributed by atoms with Crippen LogP contribution in [0.4, 0.5) is 0 Å². The van der Waals surface area contributed by atoms with E-state index in [0.717, 1.165) is 55.2 Å². The topological polar surface area (TPSA) is 37.7 Å². The predicted octanol–water partition coefficient (Wildman–Crippen LogP) is 3.89. The molecule has 0 radical (unpaired) electrons. The molecule has 1 fully saturated rings. The van der Waals surface area contributed by atoms with Gasteiger partial charge in [-0.25, -0.2) is 0 Å². The number of piperidine rings is 1. The molecule has 4 rings (SSSR count). The highest BCUT2D eigenvalue weighted by atomic mass is 35.5. The summed E-state index contributed by atoms with van der Waals surface area (Å²) in [6, 6.07) is 12.1. The first-order valence-electron chi connectivity index (χ1n) is 8.35. The molecule has 2 aliphatic heterocycles. The molecule has 0 bridgehead atoms. The molecular weight excluding hydrogens is 322 g/mol. The highest BCUT2D eigenvalue weighted by Crippen LogP contribution is 2.36. The van der Waals surface area contributed by atoms with Crippen LogP contribution in [-0.4, -0.2) is 34.3 Å². The van der Waals surface area contributed by atoms with E-state index in [2.05, 4.69) is 27.2 Å². The van der Waals surface area contributed by atoms with Crippen molar-refractivity contribution in [1.82, 2.24) is 9.88 Å². The van der Waals surface area contributed by atoms with Crippen molar-refractivity contribution < 1.29 is 4.84 Å². The van der Waals surface area contributed by atoms with Gasteiger partial charge in [-0.3, -0.25) is 9.88 Å². The Bertz CT molecular complexity index is 722. The second-order valence-electron chi connectivity index (χ2n) is 6.63. The van der Waals surface area contributed by atoms with Crippen LogP contribution in [0.5, 0.6) is 0 Å². The number of aromatic nitrogens is 1. The highest BCUT2D eigenvalue weighted by molar-refractivity contribution is 6.30. The summed E-state index contributed by atoms with van der Waals surface area (Å²) in [4.78, 5) is 12.5. The van der Waals surface area contributed by atoms with Gasteiger partial charge in [0.15, 0.2) is 0 Å². The maximum atomic E-state index is 5.95. The maximum absolute atomic E-state index is 5.95. The first kappa shape index (κ1) is 15.6. The normalized spacial score (nSPS) is 20.0. The standard InChI is InChI=1S/C19H20ClN3O/c20-17-5-3-15(4-6-17)14-23-10-7-19(8-11-23)12-18(22-24-19)16-2-1-9-21-13-16/h1-6,9,13H,7-8,10-12,14H2. The van der Waals surface area contributed by atoms with Crippen molar-refractivity contribution in [3.05, 3.63) is 64.9 Å². The smallest absolute Gasteiger partial charge is 0.145 e. The van der Waals surface area contributed by atoms with E-state index < -0.39 is 0 Å². The molecule has 1 aromatic heterocycles. The van der Waals surface area contributed by atoms with Gasteiger partial charge in [0.2, 0.25) is 0 Å². The lowest BCUT2D eigenvalue weighted by Crippen LogP contribution is -2.44. The van der Waals surface area contributed by atoms with E-state index in [4.69, 9.17) is 16.4 Å². The van der Waals surface area contributed by atoms with Crippen molar-refractivity contribution >= 4 is 17.3 Å². The zero-order valence-corrected chi connectivity index (χ0v) is 14.2. The second kappa shape index (κ2) is 6.54. The number of halogens is 1. The number of rotatable bonds is 3. The lowest BCUT2D eigenvalue weighted by Gasteiger charge is -2.37. The average molecular weight is 342 g/mol. The fourth-order valence-corrected chi connectivity index (χ4v) is 3.57. The van der Waals surface area contributed by atoms with Gasteiger partial charge in [-0.2, -0.15) is 0 Å². The van der Waals surface area contributed by atoms with Crippen LogP contribution in [0.15, 0.2) is 53.9 Å². The van der Waals surface area contributed by atoms with E-state index in [9.17, 15) is 0 Å². The van der Waals surface area contributed by atoms with Gasteiger partial charge in [0.25, 0.3) is 0 Å². The lowest BCUT2D eigenvalue weighted by atomic mass is 9.85. The van der Waals surface area contributed by atoms with Gasteiger partial charge in [0.1, 0.15) is 5.60 Å². The first-order valence-corrected chi connectivity index (χ1v) is 8.73. The maximum Gasteiger partial charge on any atom is 0.145 e. The van der Waals surface area contributed by atoms with Crippen LogP contribution < -0.4 is 0 Å². The molecule has 5 heteroatoms. The van der Waals surface area contributed by atoms with Crippen LogP contribution in [0.25, 0.3) is 0 Å². The summed E-state index contributed by atoms with van der Waals surface area (Å²) in [5.74, 6) is 0. The second-order valence-corrected chi connectivity index (χ2v) is 7.07. The Morgan fingerprint density at radius 3 is 2.62 bits per heavy atom. The number of pyridine rings is 1. The van der Waals surface area contributed by atoms with Crippen molar-refractivity contribution in [1.29, 1.82) is 0 Å². The number of hydrogen-bond acceptors (Lipinski definition) is 4. The van der Waals surface area contributed by atoms with Crippen molar-refractivity contribution in [2.45, 2.75) is 31.4 Å². The molecule has 2 aliphatic rings. The molecular formula is C19H20ClN3O. The molecule has 1 spiro atoms. The summed E-state index contributed by atoms with van der Waals surface area (Å²) in [5.41, 5.74) is 3.27. The number of nitrogens with zero attached hydrogens (tertiary/aromatic N) is 3. The van der Waals surface area contributed by atoms with Gasteiger partial charge in [-0.15, -0.1) is 0 Å². The van der Waals surface area contributed by atoms with E-state index in [-0.39, 0.29) is 5.60 Å². The number of likely N-dealkylation sites (tertiary alicyclic amines) is 1. The van der Waals surface area contributed by atoms with Gasteiger partial charge in [-0.1, -0.05) is 28.9 Å². The number of oxime groups is 1. The molecule has 0 amide bonds. The molecule has 0 saturated carbocycles. The van der Waals surface area contributed by atoms with Crippen molar-refractivity contribution in [3.63, 3.8) is 0 Å². The average Bonchev–Trinajstić information content (AvgIpc) is 3.04. The molecule has 3 heterocycles. The molecule has 0 N–H and O–H groups in total. The van der Waals surface area contributed by atoms with Gasteiger partial charge in [-0.05, 0) is 29.8 Å². The molecule has 1 saturated heterocycles. The van der Waals surface area contributed by atoms with Crippen LogP contribution in [-0.2, 0) is 11.4 Å².